The molecule has 3 aromatic rings. The molecule has 38 heavy (non-hydrogen) atoms. The minimum absolute atomic E-state index is 0.0529. The van der Waals surface area contributed by atoms with Gasteiger partial charge in [0.1, 0.15) is 5.71 Å². The predicted molar refractivity (Wildman–Crippen MR) is 149 cm³/mol. The molecule has 0 spiro atoms. The Labute approximate surface area is 232 Å². The highest BCUT2D eigenvalue weighted by Crippen LogP contribution is 2.41. The number of carbonyl (C=O) groups excluding carboxylic acids is 1. The van der Waals surface area contributed by atoms with Crippen molar-refractivity contribution in [2.24, 2.45) is 15.4 Å². The largest absolute Gasteiger partial charge is 0.493 e. The number of hydrogen-bond donors (Lipinski definition) is 1. The SMILES string of the molecule is C/C(=N/OCC(=O)N=Nc1c(O)n(CN2CCCC[C@H]2c2cccnc2)c2ccc(Br)cc12)[C@@H]1OC=CS1. The highest BCUT2D eigenvalue weighted by Gasteiger charge is 2.27. The Kier molecular flexibility index (Phi) is 8.40. The first-order valence-electron chi connectivity index (χ1n) is 12.2. The number of nitrogens with zero attached hydrogens (tertiary/aromatic N) is 6. The first kappa shape index (κ1) is 26.4. The molecule has 0 unspecified atom stereocenters. The number of halogens is 1. The first-order valence-corrected chi connectivity index (χ1v) is 14.0. The van der Waals surface area contributed by atoms with E-state index in [9.17, 15) is 9.90 Å². The number of pyridine rings is 1. The van der Waals surface area contributed by atoms with E-state index in [0.29, 0.717) is 17.8 Å². The van der Waals surface area contributed by atoms with Crippen LogP contribution in [0.2, 0.25) is 0 Å². The lowest BCUT2D eigenvalue weighted by atomic mass is 9.97. The second kappa shape index (κ2) is 12.1. The molecule has 2 aliphatic heterocycles. The maximum atomic E-state index is 12.3. The third-order valence-electron chi connectivity index (χ3n) is 6.44. The minimum atomic E-state index is -0.623. The van der Waals surface area contributed by atoms with Gasteiger partial charge in [0.15, 0.2) is 17.7 Å². The van der Waals surface area contributed by atoms with Crippen LogP contribution in [0.1, 0.15) is 37.8 Å². The quantitative estimate of drug-likeness (QED) is 0.185. The molecule has 1 fully saturated rings. The zero-order chi connectivity index (χ0) is 26.5. The van der Waals surface area contributed by atoms with Gasteiger partial charge in [-0.25, -0.2) is 0 Å². The fourth-order valence-electron chi connectivity index (χ4n) is 4.63. The maximum absolute atomic E-state index is 12.3. The van der Waals surface area contributed by atoms with Crippen molar-refractivity contribution in [2.45, 2.75) is 44.3 Å². The van der Waals surface area contributed by atoms with Crippen molar-refractivity contribution in [3.63, 3.8) is 0 Å². The number of likely N-dealkylation sites (tertiary alicyclic amines) is 1. The van der Waals surface area contributed by atoms with Crippen LogP contribution < -0.4 is 0 Å². The van der Waals surface area contributed by atoms with Crippen LogP contribution in [0, 0.1) is 0 Å². The van der Waals surface area contributed by atoms with Gasteiger partial charge >= 0.3 is 5.91 Å². The second-order valence-corrected chi connectivity index (χ2v) is 10.9. The molecule has 1 saturated heterocycles. The summed E-state index contributed by atoms with van der Waals surface area (Å²) in [5.41, 5.74) is 2.51. The Hall–Kier alpha value is -3.22. The Bertz CT molecular complexity index is 1390. The standard InChI is InChI=1S/C26H27BrN6O4S/c1-17(26-36-11-12-38-26)31-37-15-23(34)29-30-24-20-13-19(27)7-8-22(20)33(25(24)35)16-32-10-3-2-6-21(32)18-5-4-9-28-14-18/h4-5,7-9,11-14,21,26,35H,2-3,6,10,15-16H2,1H3/b30-29?,31-17-/t21-,26+/m0/s1. The van der Waals surface area contributed by atoms with E-state index in [1.54, 1.807) is 19.4 Å². The van der Waals surface area contributed by atoms with Crippen molar-refractivity contribution in [1.29, 1.82) is 0 Å². The molecule has 1 amide bonds. The summed E-state index contributed by atoms with van der Waals surface area (Å²) in [4.78, 5) is 24.1. The predicted octanol–water partition coefficient (Wildman–Crippen LogP) is 6.25. The van der Waals surface area contributed by atoms with Gasteiger partial charge in [0.05, 0.1) is 18.4 Å². The summed E-state index contributed by atoms with van der Waals surface area (Å²) in [5, 5.41) is 25.6. The monoisotopic (exact) mass is 598 g/mol. The third-order valence-corrected chi connectivity index (χ3v) is 7.90. The smallest absolute Gasteiger partial charge is 0.304 e. The average Bonchev–Trinajstić information content (AvgIpc) is 3.56. The van der Waals surface area contributed by atoms with Gasteiger partial charge in [-0.05, 0) is 49.6 Å². The number of hydrogen-bond acceptors (Lipinski definition) is 9. The van der Waals surface area contributed by atoms with Gasteiger partial charge in [-0.3, -0.25) is 19.2 Å². The van der Waals surface area contributed by atoms with Crippen LogP contribution in [0.15, 0.2) is 74.3 Å². The summed E-state index contributed by atoms with van der Waals surface area (Å²) in [7, 11) is 0. The number of amides is 1. The lowest BCUT2D eigenvalue weighted by molar-refractivity contribution is -0.122. The highest BCUT2D eigenvalue weighted by atomic mass is 79.9. The van der Waals surface area contributed by atoms with E-state index in [1.165, 1.54) is 11.8 Å². The number of rotatable bonds is 8. The Morgan fingerprint density at radius 3 is 3.03 bits per heavy atom. The van der Waals surface area contributed by atoms with Crippen molar-refractivity contribution < 1.29 is 19.5 Å². The van der Waals surface area contributed by atoms with Gasteiger partial charge in [-0.15, -0.1) is 10.2 Å². The number of carbonyl (C=O) groups is 1. The number of piperidine rings is 1. The van der Waals surface area contributed by atoms with Gasteiger partial charge in [0.25, 0.3) is 0 Å². The summed E-state index contributed by atoms with van der Waals surface area (Å²) in [5.74, 6) is -0.675. The van der Waals surface area contributed by atoms with Crippen LogP contribution in [0.3, 0.4) is 0 Å². The summed E-state index contributed by atoms with van der Waals surface area (Å²) in [6.45, 7) is 2.72. The number of thioether (sulfide) groups is 1. The number of fused-ring (bicyclic) bond motifs is 1. The van der Waals surface area contributed by atoms with Crippen LogP contribution in [-0.4, -0.2) is 49.8 Å². The molecule has 12 heteroatoms. The molecular weight excluding hydrogens is 572 g/mol. The topological polar surface area (TPSA) is 114 Å². The zero-order valence-corrected chi connectivity index (χ0v) is 23.1. The maximum Gasteiger partial charge on any atom is 0.304 e. The minimum Gasteiger partial charge on any atom is -0.493 e. The van der Waals surface area contributed by atoms with Crippen LogP contribution in [0.25, 0.3) is 10.9 Å². The number of aromatic nitrogens is 2. The Morgan fingerprint density at radius 2 is 2.24 bits per heavy atom. The second-order valence-electron chi connectivity index (χ2n) is 8.99. The number of benzene rings is 1. The summed E-state index contributed by atoms with van der Waals surface area (Å²) < 4.78 is 7.97. The fourth-order valence-corrected chi connectivity index (χ4v) is 5.63. The van der Waals surface area contributed by atoms with Gasteiger partial charge in [0.2, 0.25) is 5.88 Å². The van der Waals surface area contributed by atoms with E-state index >= 15 is 0 Å². The molecule has 2 atom stereocenters. The Balaban J connectivity index is 1.35. The van der Waals surface area contributed by atoms with Gasteiger partial charge in [-0.1, -0.05) is 45.3 Å². The molecule has 0 aliphatic carbocycles. The molecule has 2 aromatic heterocycles. The summed E-state index contributed by atoms with van der Waals surface area (Å²) in [6, 6.07) is 9.93. The van der Waals surface area contributed by atoms with E-state index in [0.717, 1.165) is 41.4 Å². The van der Waals surface area contributed by atoms with E-state index < -0.39 is 5.91 Å². The highest BCUT2D eigenvalue weighted by molar-refractivity contribution is 9.10. The van der Waals surface area contributed by atoms with Crippen molar-refractivity contribution in [2.75, 3.05) is 13.2 Å². The Morgan fingerprint density at radius 1 is 1.34 bits per heavy atom. The lowest BCUT2D eigenvalue weighted by Gasteiger charge is -2.36. The molecule has 2 aliphatic rings. The molecule has 1 N–H and O–H groups in total. The normalized spacial score (nSPS) is 20.3. The lowest BCUT2D eigenvalue weighted by Crippen LogP contribution is -2.34. The molecule has 10 nitrogen and oxygen atoms in total. The van der Waals surface area contributed by atoms with E-state index in [1.807, 2.05) is 40.4 Å². The zero-order valence-electron chi connectivity index (χ0n) is 20.7. The van der Waals surface area contributed by atoms with Crippen molar-refractivity contribution in [1.82, 2.24) is 14.5 Å². The number of azo groups is 1. The first-order chi connectivity index (χ1) is 18.5. The van der Waals surface area contributed by atoms with Crippen LogP contribution >= 0.6 is 27.7 Å². The van der Waals surface area contributed by atoms with Crippen molar-refractivity contribution >= 4 is 55.9 Å². The fraction of sp³-hybridized carbons (Fsp3) is 0.346. The van der Waals surface area contributed by atoms with Crippen LogP contribution in [0.5, 0.6) is 5.88 Å². The molecule has 5 rings (SSSR count). The summed E-state index contributed by atoms with van der Waals surface area (Å²) in [6.07, 6.45) is 8.49. The number of oxime groups is 1. The molecule has 0 bridgehead atoms. The van der Waals surface area contributed by atoms with E-state index in [4.69, 9.17) is 9.57 Å². The number of aromatic hydroxyl groups is 1. The van der Waals surface area contributed by atoms with E-state index in [-0.39, 0.29) is 29.7 Å². The third kappa shape index (κ3) is 5.92. The van der Waals surface area contributed by atoms with Crippen LogP contribution in [0.4, 0.5) is 5.69 Å². The van der Waals surface area contributed by atoms with E-state index in [2.05, 4.69) is 47.3 Å². The molecule has 1 aromatic carbocycles. The van der Waals surface area contributed by atoms with Crippen molar-refractivity contribution in [3.8, 4) is 5.88 Å². The van der Waals surface area contributed by atoms with Gasteiger partial charge in [-0.2, -0.15) is 0 Å². The van der Waals surface area contributed by atoms with Crippen LogP contribution in [-0.2, 0) is 21.0 Å². The summed E-state index contributed by atoms with van der Waals surface area (Å²) >= 11 is 4.95. The molecular formula is C26H27BrN6O4S. The van der Waals surface area contributed by atoms with Gasteiger partial charge < -0.3 is 14.7 Å². The average molecular weight is 600 g/mol. The molecule has 0 saturated carbocycles. The van der Waals surface area contributed by atoms with Gasteiger partial charge in [0, 0.05) is 40.2 Å². The molecule has 4 heterocycles. The van der Waals surface area contributed by atoms with Crippen molar-refractivity contribution in [3.05, 3.63) is 64.4 Å². The number of ether oxygens (including phenoxy) is 1. The molecule has 198 valence electrons. The molecule has 0 radical (unpaired) electrons.